The van der Waals surface area contributed by atoms with Gasteiger partial charge >= 0.3 is 0 Å². The lowest BCUT2D eigenvalue weighted by atomic mass is 10.1. The fraction of sp³-hybridized carbons (Fsp3) is 0.824. The predicted octanol–water partition coefficient (Wildman–Crippen LogP) is 4.50. The van der Waals surface area contributed by atoms with E-state index < -0.39 is 0 Å². The molecule has 0 fully saturated rings. The molecule has 110 valence electrons. The van der Waals surface area contributed by atoms with Gasteiger partial charge in [0.15, 0.2) is 0 Å². The van der Waals surface area contributed by atoms with Crippen LogP contribution in [0.5, 0.6) is 0 Å². The summed E-state index contributed by atoms with van der Waals surface area (Å²) in [7, 11) is 0. The SMILES string of the molecule is CCCCCCc1n(CC)cc[n+]1CCCCCC. The zero-order valence-electron chi connectivity index (χ0n) is 13.3. The first kappa shape index (κ1) is 16.3. The molecule has 0 unspecified atom stereocenters. The van der Waals surface area contributed by atoms with E-state index in [0.717, 1.165) is 6.54 Å². The molecule has 2 heteroatoms. The predicted molar refractivity (Wildman–Crippen MR) is 82.3 cm³/mol. The van der Waals surface area contributed by atoms with Gasteiger partial charge in [0.1, 0.15) is 12.4 Å². The lowest BCUT2D eigenvalue weighted by Gasteiger charge is -2.04. The van der Waals surface area contributed by atoms with Crippen LogP contribution in [0.15, 0.2) is 12.4 Å². The minimum atomic E-state index is 1.10. The van der Waals surface area contributed by atoms with E-state index >= 15 is 0 Å². The van der Waals surface area contributed by atoms with Crippen LogP contribution in [0.2, 0.25) is 0 Å². The van der Waals surface area contributed by atoms with Gasteiger partial charge in [-0.25, -0.2) is 9.13 Å². The van der Waals surface area contributed by atoms with E-state index in [1.54, 1.807) is 0 Å². The van der Waals surface area contributed by atoms with Crippen LogP contribution in [-0.2, 0) is 19.5 Å². The van der Waals surface area contributed by atoms with Gasteiger partial charge in [-0.15, -0.1) is 0 Å². The van der Waals surface area contributed by atoms with Gasteiger partial charge in [-0.3, -0.25) is 0 Å². The summed E-state index contributed by atoms with van der Waals surface area (Å²) in [4.78, 5) is 0. The van der Waals surface area contributed by atoms with Gasteiger partial charge in [0, 0.05) is 6.42 Å². The second kappa shape index (κ2) is 10.1. The average Bonchev–Trinajstić information content (AvgIpc) is 2.82. The minimum Gasteiger partial charge on any atom is -0.235 e. The smallest absolute Gasteiger partial charge is 0.235 e. The highest BCUT2D eigenvalue weighted by atomic mass is 15.1. The number of aryl methyl sites for hydroxylation is 2. The molecule has 2 nitrogen and oxygen atoms in total. The first-order valence-corrected chi connectivity index (χ1v) is 8.40. The van der Waals surface area contributed by atoms with E-state index in [2.05, 4.69) is 42.3 Å². The maximum Gasteiger partial charge on any atom is 0.256 e. The van der Waals surface area contributed by atoms with E-state index in [4.69, 9.17) is 0 Å². The molecule has 0 atom stereocenters. The fourth-order valence-electron chi connectivity index (χ4n) is 2.70. The summed E-state index contributed by atoms with van der Waals surface area (Å²) in [5, 5.41) is 0. The molecule has 0 radical (unpaired) electrons. The van der Waals surface area contributed by atoms with Gasteiger partial charge in [-0.05, 0) is 26.2 Å². The Bertz CT molecular complexity index is 328. The van der Waals surface area contributed by atoms with Crippen molar-refractivity contribution < 1.29 is 4.57 Å². The molecular formula is C17H33N2+. The number of rotatable bonds is 11. The Kier molecular flexibility index (Phi) is 8.61. The highest BCUT2D eigenvalue weighted by Crippen LogP contribution is 2.07. The molecule has 0 spiro atoms. The lowest BCUT2D eigenvalue weighted by molar-refractivity contribution is -0.704. The molecule has 0 aliphatic carbocycles. The summed E-state index contributed by atoms with van der Waals surface area (Å²) in [6.45, 7) is 9.11. The molecule has 0 N–H and O–H groups in total. The molecule has 0 bridgehead atoms. The van der Waals surface area contributed by atoms with E-state index in [0.29, 0.717) is 0 Å². The van der Waals surface area contributed by atoms with E-state index in [9.17, 15) is 0 Å². The van der Waals surface area contributed by atoms with Crippen LogP contribution < -0.4 is 4.57 Å². The summed E-state index contributed by atoms with van der Waals surface area (Å²) >= 11 is 0. The third-order valence-electron chi connectivity index (χ3n) is 3.94. The average molecular weight is 265 g/mol. The summed E-state index contributed by atoms with van der Waals surface area (Å²) in [6, 6.07) is 0. The lowest BCUT2D eigenvalue weighted by Crippen LogP contribution is -2.37. The third kappa shape index (κ3) is 5.80. The van der Waals surface area contributed by atoms with Crippen molar-refractivity contribution in [2.24, 2.45) is 0 Å². The standard InChI is InChI=1S/C17H33N2/c1-4-7-9-11-13-17-18(6-3)15-16-19(17)14-12-10-8-5-2/h15-16H,4-14H2,1-3H3/q+1. The number of nitrogens with zero attached hydrogens (tertiary/aromatic N) is 2. The Hall–Kier alpha value is -0.790. The summed E-state index contributed by atoms with van der Waals surface area (Å²) in [5.41, 5.74) is 0. The molecule has 0 aliphatic heterocycles. The van der Waals surface area contributed by atoms with Crippen molar-refractivity contribution in [1.29, 1.82) is 0 Å². The van der Waals surface area contributed by atoms with Crippen molar-refractivity contribution in [1.82, 2.24) is 4.57 Å². The van der Waals surface area contributed by atoms with Crippen LogP contribution >= 0.6 is 0 Å². The van der Waals surface area contributed by atoms with Crippen molar-refractivity contribution in [2.45, 2.75) is 91.6 Å². The van der Waals surface area contributed by atoms with Gasteiger partial charge in [0.25, 0.3) is 5.82 Å². The summed E-state index contributed by atoms with van der Waals surface area (Å²) in [5.74, 6) is 1.54. The zero-order chi connectivity index (χ0) is 13.9. The zero-order valence-corrected chi connectivity index (χ0v) is 13.3. The van der Waals surface area contributed by atoms with Gasteiger partial charge in [-0.1, -0.05) is 46.0 Å². The molecule has 0 aromatic carbocycles. The maximum atomic E-state index is 2.49. The van der Waals surface area contributed by atoms with E-state index in [1.807, 2.05) is 0 Å². The van der Waals surface area contributed by atoms with Crippen molar-refractivity contribution in [3.63, 3.8) is 0 Å². The highest BCUT2D eigenvalue weighted by molar-refractivity contribution is 4.83. The second-order valence-electron chi connectivity index (χ2n) is 5.57. The Morgan fingerprint density at radius 2 is 1.58 bits per heavy atom. The molecule has 0 saturated carbocycles. The van der Waals surface area contributed by atoms with Crippen LogP contribution in [0.3, 0.4) is 0 Å². The van der Waals surface area contributed by atoms with Crippen LogP contribution in [0.1, 0.15) is 78.0 Å². The Morgan fingerprint density at radius 1 is 0.895 bits per heavy atom. The number of aromatic nitrogens is 2. The normalized spacial score (nSPS) is 11.1. The molecular weight excluding hydrogens is 232 g/mol. The third-order valence-corrected chi connectivity index (χ3v) is 3.94. The maximum absolute atomic E-state index is 2.49. The van der Waals surface area contributed by atoms with Crippen molar-refractivity contribution in [2.75, 3.05) is 0 Å². The largest absolute Gasteiger partial charge is 0.256 e. The molecule has 1 aromatic heterocycles. The van der Waals surface area contributed by atoms with Gasteiger partial charge in [0.2, 0.25) is 0 Å². The fourth-order valence-corrected chi connectivity index (χ4v) is 2.70. The number of hydrogen-bond acceptors (Lipinski definition) is 0. The van der Waals surface area contributed by atoms with Gasteiger partial charge in [-0.2, -0.15) is 0 Å². The molecule has 1 rings (SSSR count). The first-order chi connectivity index (χ1) is 9.33. The van der Waals surface area contributed by atoms with Crippen LogP contribution in [0, 0.1) is 0 Å². The summed E-state index contributed by atoms with van der Waals surface area (Å²) in [6.07, 6.45) is 16.6. The number of hydrogen-bond donors (Lipinski definition) is 0. The quantitative estimate of drug-likeness (QED) is 0.411. The highest BCUT2D eigenvalue weighted by Gasteiger charge is 2.14. The van der Waals surface area contributed by atoms with E-state index in [-0.39, 0.29) is 0 Å². The Labute approximate surface area is 119 Å². The van der Waals surface area contributed by atoms with Crippen LogP contribution in [0.4, 0.5) is 0 Å². The van der Waals surface area contributed by atoms with Crippen LogP contribution in [0.25, 0.3) is 0 Å². The monoisotopic (exact) mass is 265 g/mol. The second-order valence-corrected chi connectivity index (χ2v) is 5.57. The molecule has 1 aromatic rings. The Morgan fingerprint density at radius 3 is 2.21 bits per heavy atom. The molecule has 0 saturated heterocycles. The molecule has 19 heavy (non-hydrogen) atoms. The topological polar surface area (TPSA) is 8.81 Å². The number of imidazole rings is 1. The molecule has 0 amide bonds. The van der Waals surface area contributed by atoms with Crippen molar-refractivity contribution in [3.05, 3.63) is 18.2 Å². The van der Waals surface area contributed by atoms with Crippen LogP contribution in [-0.4, -0.2) is 4.57 Å². The minimum absolute atomic E-state index is 1.10. The van der Waals surface area contributed by atoms with Crippen molar-refractivity contribution in [3.8, 4) is 0 Å². The first-order valence-electron chi connectivity index (χ1n) is 8.40. The van der Waals surface area contributed by atoms with Crippen molar-refractivity contribution >= 4 is 0 Å². The van der Waals surface area contributed by atoms with E-state index in [1.165, 1.54) is 70.2 Å². The molecule has 0 aliphatic rings. The summed E-state index contributed by atoms with van der Waals surface area (Å²) < 4.78 is 4.91. The van der Waals surface area contributed by atoms with Gasteiger partial charge < -0.3 is 0 Å². The molecule has 1 heterocycles. The Balaban J connectivity index is 2.47. The number of unbranched alkanes of at least 4 members (excludes halogenated alkanes) is 6. The van der Waals surface area contributed by atoms with Gasteiger partial charge in [0.05, 0.1) is 13.1 Å².